The Hall–Kier alpha value is -2.16. The van der Waals surface area contributed by atoms with Crippen molar-refractivity contribution in [1.29, 1.82) is 0 Å². The fourth-order valence-electron chi connectivity index (χ4n) is 2.80. The molecule has 2 aromatic carbocycles. The monoisotopic (exact) mass is 368 g/mol. The normalized spacial score (nSPS) is 14.3. The fraction of sp³-hybridized carbons (Fsp3) is 0.458. The number of nitrogens with zero attached hydrogens (tertiary/aromatic N) is 1. The predicted octanol–water partition coefficient (Wildman–Crippen LogP) is 6.22. The van der Waals surface area contributed by atoms with Crippen LogP contribution in [0, 0.1) is 0 Å². The van der Waals surface area contributed by atoms with Crippen LogP contribution in [0.15, 0.2) is 47.5 Å². The molecular formula is C24H33FN2. The third-order valence-electron chi connectivity index (χ3n) is 4.83. The third-order valence-corrected chi connectivity index (χ3v) is 4.83. The SMILES string of the molecule is CC(F)c1ccc(CN=C(N)c2cc(C(C)(C)C)cc(C(C)(C)C)c2)cc1. The quantitative estimate of drug-likeness (QED) is 0.505. The van der Waals surface area contributed by atoms with Gasteiger partial charge in [0.1, 0.15) is 12.0 Å². The van der Waals surface area contributed by atoms with E-state index >= 15 is 0 Å². The van der Waals surface area contributed by atoms with E-state index in [0.29, 0.717) is 17.9 Å². The third kappa shape index (κ3) is 5.66. The second-order valence-corrected chi connectivity index (χ2v) is 9.36. The molecule has 0 fully saturated rings. The highest BCUT2D eigenvalue weighted by Gasteiger charge is 2.21. The standard InChI is InChI=1S/C24H33FN2/c1-16(25)18-10-8-17(9-11-18)15-27-22(26)19-12-20(23(2,3)4)14-21(13-19)24(5,6)7/h8-14,16H,15H2,1-7H3,(H2,26,27). The number of hydrogen-bond donors (Lipinski definition) is 1. The Morgan fingerprint density at radius 1 is 0.926 bits per heavy atom. The number of alkyl halides is 1. The molecule has 2 nitrogen and oxygen atoms in total. The minimum atomic E-state index is -0.955. The molecule has 0 aliphatic rings. The smallest absolute Gasteiger partial charge is 0.125 e. The van der Waals surface area contributed by atoms with Crippen molar-refractivity contribution in [3.63, 3.8) is 0 Å². The molecule has 0 bridgehead atoms. The van der Waals surface area contributed by atoms with Crippen LogP contribution >= 0.6 is 0 Å². The first-order valence-corrected chi connectivity index (χ1v) is 9.57. The van der Waals surface area contributed by atoms with Gasteiger partial charge in [-0.3, -0.25) is 4.99 Å². The maximum absolute atomic E-state index is 13.3. The first kappa shape index (κ1) is 21.1. The number of benzene rings is 2. The van der Waals surface area contributed by atoms with Crippen LogP contribution in [0.2, 0.25) is 0 Å². The van der Waals surface area contributed by atoms with Crippen LogP contribution < -0.4 is 5.73 Å². The summed E-state index contributed by atoms with van der Waals surface area (Å²) < 4.78 is 13.3. The Balaban J connectivity index is 2.33. The second kappa shape index (κ2) is 7.84. The molecule has 27 heavy (non-hydrogen) atoms. The molecule has 0 heterocycles. The lowest BCUT2D eigenvalue weighted by Gasteiger charge is -2.26. The summed E-state index contributed by atoms with van der Waals surface area (Å²) in [4.78, 5) is 4.59. The molecular weight excluding hydrogens is 335 g/mol. The van der Waals surface area contributed by atoms with Gasteiger partial charge >= 0.3 is 0 Å². The van der Waals surface area contributed by atoms with E-state index in [0.717, 1.165) is 11.1 Å². The summed E-state index contributed by atoms with van der Waals surface area (Å²) in [6.45, 7) is 15.3. The largest absolute Gasteiger partial charge is 0.383 e. The summed E-state index contributed by atoms with van der Waals surface area (Å²) in [7, 11) is 0. The van der Waals surface area contributed by atoms with Crippen LogP contribution in [0.3, 0.4) is 0 Å². The highest BCUT2D eigenvalue weighted by molar-refractivity contribution is 5.98. The predicted molar refractivity (Wildman–Crippen MR) is 114 cm³/mol. The average molecular weight is 369 g/mol. The lowest BCUT2D eigenvalue weighted by molar-refractivity contribution is 0.374. The molecule has 0 aliphatic carbocycles. The number of aliphatic imine (C=N–C) groups is 1. The average Bonchev–Trinajstić information content (AvgIpc) is 2.58. The van der Waals surface area contributed by atoms with E-state index in [9.17, 15) is 4.39 Å². The van der Waals surface area contributed by atoms with Crippen LogP contribution in [0.1, 0.15) is 82.5 Å². The van der Waals surface area contributed by atoms with Gasteiger partial charge < -0.3 is 5.73 Å². The molecule has 146 valence electrons. The van der Waals surface area contributed by atoms with Gasteiger partial charge in [0.25, 0.3) is 0 Å². The first-order chi connectivity index (χ1) is 12.4. The van der Waals surface area contributed by atoms with Gasteiger partial charge in [0, 0.05) is 5.56 Å². The summed E-state index contributed by atoms with van der Waals surface area (Å²) >= 11 is 0. The van der Waals surface area contributed by atoms with Gasteiger partial charge in [0.05, 0.1) is 6.54 Å². The van der Waals surface area contributed by atoms with Gasteiger partial charge in [-0.1, -0.05) is 71.9 Å². The molecule has 1 atom stereocenters. The van der Waals surface area contributed by atoms with Crippen molar-refractivity contribution < 1.29 is 4.39 Å². The lowest BCUT2D eigenvalue weighted by atomic mass is 9.79. The van der Waals surface area contributed by atoms with E-state index in [1.54, 1.807) is 6.92 Å². The van der Waals surface area contributed by atoms with Crippen molar-refractivity contribution in [1.82, 2.24) is 0 Å². The molecule has 2 aromatic rings. The number of rotatable bonds is 4. The van der Waals surface area contributed by atoms with E-state index in [1.165, 1.54) is 11.1 Å². The fourth-order valence-corrected chi connectivity index (χ4v) is 2.80. The van der Waals surface area contributed by atoms with Crippen molar-refractivity contribution in [2.75, 3.05) is 0 Å². The maximum Gasteiger partial charge on any atom is 0.125 e. The number of hydrogen-bond acceptors (Lipinski definition) is 1. The van der Waals surface area contributed by atoms with E-state index in [4.69, 9.17) is 5.73 Å². The number of amidine groups is 1. The Morgan fingerprint density at radius 3 is 1.81 bits per heavy atom. The lowest BCUT2D eigenvalue weighted by Crippen LogP contribution is -2.21. The molecule has 0 amide bonds. The van der Waals surface area contributed by atoms with Gasteiger partial charge in [0.2, 0.25) is 0 Å². The highest BCUT2D eigenvalue weighted by Crippen LogP contribution is 2.30. The molecule has 3 heteroatoms. The number of halogens is 1. The van der Waals surface area contributed by atoms with Crippen molar-refractivity contribution in [2.45, 2.75) is 72.0 Å². The van der Waals surface area contributed by atoms with Crippen LogP contribution in [-0.2, 0) is 17.4 Å². The summed E-state index contributed by atoms with van der Waals surface area (Å²) in [5.74, 6) is 0.537. The summed E-state index contributed by atoms with van der Waals surface area (Å²) in [6.07, 6.45) is -0.955. The topological polar surface area (TPSA) is 38.4 Å². The maximum atomic E-state index is 13.3. The van der Waals surface area contributed by atoms with Gasteiger partial charge in [-0.2, -0.15) is 0 Å². The molecule has 0 saturated carbocycles. The summed E-state index contributed by atoms with van der Waals surface area (Å²) in [5.41, 5.74) is 11.6. The van der Waals surface area contributed by atoms with Crippen molar-refractivity contribution in [3.05, 3.63) is 70.3 Å². The Morgan fingerprint density at radius 2 is 1.41 bits per heavy atom. The molecule has 0 aliphatic heterocycles. The molecule has 0 saturated heterocycles. The molecule has 0 aromatic heterocycles. The zero-order valence-electron chi connectivity index (χ0n) is 17.7. The van der Waals surface area contributed by atoms with Crippen molar-refractivity contribution in [2.24, 2.45) is 10.7 Å². The second-order valence-electron chi connectivity index (χ2n) is 9.36. The zero-order chi connectivity index (χ0) is 20.4. The molecule has 2 N–H and O–H groups in total. The molecule has 0 radical (unpaired) electrons. The minimum absolute atomic E-state index is 0.0369. The number of nitrogens with two attached hydrogens (primary N) is 1. The molecule has 2 rings (SSSR count). The van der Waals surface area contributed by atoms with E-state index < -0.39 is 6.17 Å². The first-order valence-electron chi connectivity index (χ1n) is 9.57. The minimum Gasteiger partial charge on any atom is -0.383 e. The van der Waals surface area contributed by atoms with E-state index in [1.807, 2.05) is 24.3 Å². The Labute approximate surface area is 163 Å². The summed E-state index contributed by atoms with van der Waals surface area (Å²) in [5, 5.41) is 0. The van der Waals surface area contributed by atoms with Gasteiger partial charge in [0.15, 0.2) is 0 Å². The highest BCUT2D eigenvalue weighted by atomic mass is 19.1. The van der Waals surface area contributed by atoms with Crippen molar-refractivity contribution >= 4 is 5.84 Å². The molecule has 1 unspecified atom stereocenters. The van der Waals surface area contributed by atoms with E-state index in [-0.39, 0.29) is 10.8 Å². The zero-order valence-corrected chi connectivity index (χ0v) is 17.7. The van der Waals surface area contributed by atoms with Gasteiger partial charge in [-0.05, 0) is 52.1 Å². The van der Waals surface area contributed by atoms with Gasteiger partial charge in [-0.25, -0.2) is 4.39 Å². The van der Waals surface area contributed by atoms with Crippen LogP contribution in [0.4, 0.5) is 4.39 Å². The van der Waals surface area contributed by atoms with E-state index in [2.05, 4.69) is 64.7 Å². The van der Waals surface area contributed by atoms with Crippen LogP contribution in [-0.4, -0.2) is 5.84 Å². The summed E-state index contributed by atoms with van der Waals surface area (Å²) in [6, 6.07) is 14.0. The van der Waals surface area contributed by atoms with Crippen LogP contribution in [0.5, 0.6) is 0 Å². The Bertz CT molecular complexity index is 772. The van der Waals surface area contributed by atoms with Crippen molar-refractivity contribution in [3.8, 4) is 0 Å². The Kier molecular flexibility index (Phi) is 6.14. The van der Waals surface area contributed by atoms with Gasteiger partial charge in [-0.15, -0.1) is 0 Å². The molecule has 0 spiro atoms. The van der Waals surface area contributed by atoms with Crippen LogP contribution in [0.25, 0.3) is 0 Å².